The quantitative estimate of drug-likeness (QED) is 0.811. The zero-order valence-corrected chi connectivity index (χ0v) is 12.0. The number of carboxylic acid groups (broad SMARTS) is 1. The van der Waals surface area contributed by atoms with Crippen molar-refractivity contribution in [1.29, 1.82) is 0 Å². The van der Waals surface area contributed by atoms with E-state index in [0.717, 1.165) is 12.8 Å². The van der Waals surface area contributed by atoms with Crippen molar-refractivity contribution in [2.45, 2.75) is 38.6 Å². The maximum absolute atomic E-state index is 13.5. The lowest BCUT2D eigenvalue weighted by molar-refractivity contribution is -0.143. The van der Waals surface area contributed by atoms with E-state index in [0.29, 0.717) is 18.4 Å². The molecule has 1 amide bonds. The smallest absolute Gasteiger partial charge is 0.326 e. The molecule has 1 saturated carbocycles. The normalized spacial score (nSPS) is 17.0. The topological polar surface area (TPSA) is 66.4 Å². The van der Waals surface area contributed by atoms with Crippen LogP contribution >= 0.6 is 0 Å². The van der Waals surface area contributed by atoms with E-state index in [9.17, 15) is 14.0 Å². The predicted molar refractivity (Wildman–Crippen MR) is 76.2 cm³/mol. The van der Waals surface area contributed by atoms with E-state index in [1.807, 2.05) is 0 Å². The lowest BCUT2D eigenvalue weighted by Crippen LogP contribution is -2.44. The van der Waals surface area contributed by atoms with Crippen molar-refractivity contribution < 1.29 is 19.1 Å². The molecule has 0 radical (unpaired) electrons. The van der Waals surface area contributed by atoms with Crippen LogP contribution < -0.4 is 5.32 Å². The Kier molecular flexibility index (Phi) is 4.94. The summed E-state index contributed by atoms with van der Waals surface area (Å²) in [4.78, 5) is 23.1. The number of carboxylic acids is 1. The second-order valence-electron chi connectivity index (χ2n) is 5.69. The van der Waals surface area contributed by atoms with Gasteiger partial charge in [0.2, 0.25) is 5.91 Å². The summed E-state index contributed by atoms with van der Waals surface area (Å²) in [6, 6.07) is 5.70. The molecule has 4 nitrogen and oxygen atoms in total. The Morgan fingerprint density at radius 3 is 2.62 bits per heavy atom. The highest BCUT2D eigenvalue weighted by Gasteiger charge is 2.37. The summed E-state index contributed by atoms with van der Waals surface area (Å²) in [5, 5.41) is 11.7. The van der Waals surface area contributed by atoms with Gasteiger partial charge in [-0.3, -0.25) is 4.79 Å². The Labute approximate surface area is 123 Å². The number of aliphatic carboxylic acids is 1. The highest BCUT2D eigenvalue weighted by Crippen LogP contribution is 2.33. The van der Waals surface area contributed by atoms with Gasteiger partial charge < -0.3 is 10.4 Å². The number of amides is 1. The van der Waals surface area contributed by atoms with Gasteiger partial charge in [-0.05, 0) is 43.2 Å². The zero-order valence-electron chi connectivity index (χ0n) is 12.0. The van der Waals surface area contributed by atoms with Gasteiger partial charge in [-0.25, -0.2) is 9.18 Å². The Morgan fingerprint density at radius 2 is 2.05 bits per heavy atom. The van der Waals surface area contributed by atoms with Crippen LogP contribution in [0.4, 0.5) is 4.39 Å². The van der Waals surface area contributed by atoms with Crippen molar-refractivity contribution in [2.75, 3.05) is 0 Å². The summed E-state index contributed by atoms with van der Waals surface area (Å²) in [5.74, 6) is -1.81. The minimum absolute atomic E-state index is 0.0604. The van der Waals surface area contributed by atoms with Crippen LogP contribution in [0.25, 0.3) is 0 Å². The molecule has 2 rings (SSSR count). The van der Waals surface area contributed by atoms with Gasteiger partial charge in [-0.1, -0.05) is 25.1 Å². The maximum Gasteiger partial charge on any atom is 0.326 e. The minimum Gasteiger partial charge on any atom is -0.480 e. The number of hydrogen-bond donors (Lipinski definition) is 2. The van der Waals surface area contributed by atoms with Crippen LogP contribution in [0.15, 0.2) is 24.3 Å². The predicted octanol–water partition coefficient (Wildman–Crippen LogP) is 2.37. The molecule has 1 aliphatic rings. The lowest BCUT2D eigenvalue weighted by Gasteiger charge is -2.17. The third-order valence-corrected chi connectivity index (χ3v) is 3.91. The van der Waals surface area contributed by atoms with E-state index in [1.54, 1.807) is 25.1 Å². The van der Waals surface area contributed by atoms with Gasteiger partial charge in [0.25, 0.3) is 0 Å². The van der Waals surface area contributed by atoms with Gasteiger partial charge >= 0.3 is 5.97 Å². The van der Waals surface area contributed by atoms with Gasteiger partial charge in [0.1, 0.15) is 11.9 Å². The summed E-state index contributed by atoms with van der Waals surface area (Å²) in [5.41, 5.74) is 0.578. The number of aryl methyl sites for hydroxylation is 1. The van der Waals surface area contributed by atoms with Crippen LogP contribution in [0.2, 0.25) is 0 Å². The van der Waals surface area contributed by atoms with Crippen molar-refractivity contribution >= 4 is 11.9 Å². The third kappa shape index (κ3) is 4.28. The van der Waals surface area contributed by atoms with E-state index in [2.05, 4.69) is 5.32 Å². The zero-order chi connectivity index (χ0) is 15.4. The number of carbonyl (C=O) groups is 2. The Balaban J connectivity index is 1.85. The van der Waals surface area contributed by atoms with E-state index in [4.69, 9.17) is 5.11 Å². The number of nitrogens with one attached hydrogen (secondary N) is 1. The molecule has 0 bridgehead atoms. The Morgan fingerprint density at radius 1 is 1.38 bits per heavy atom. The average Bonchev–Trinajstić information content (AvgIpc) is 3.27. The fourth-order valence-corrected chi connectivity index (χ4v) is 2.31. The molecule has 21 heavy (non-hydrogen) atoms. The Hall–Kier alpha value is -1.91. The molecular weight excluding hydrogens is 273 g/mol. The van der Waals surface area contributed by atoms with Gasteiger partial charge in [0.05, 0.1) is 0 Å². The van der Waals surface area contributed by atoms with Crippen molar-refractivity contribution in [3.8, 4) is 0 Å². The van der Waals surface area contributed by atoms with Crippen molar-refractivity contribution in [2.24, 2.45) is 11.8 Å². The molecule has 2 atom stereocenters. The van der Waals surface area contributed by atoms with Crippen LogP contribution in [0.1, 0.15) is 31.7 Å². The van der Waals surface area contributed by atoms with Gasteiger partial charge in [0.15, 0.2) is 0 Å². The van der Waals surface area contributed by atoms with E-state index in [1.165, 1.54) is 6.07 Å². The van der Waals surface area contributed by atoms with Gasteiger partial charge in [-0.15, -0.1) is 0 Å². The van der Waals surface area contributed by atoms with Crippen LogP contribution in [-0.4, -0.2) is 23.0 Å². The Bertz CT molecular complexity index is 528. The van der Waals surface area contributed by atoms with Crippen molar-refractivity contribution in [1.82, 2.24) is 5.32 Å². The summed E-state index contributed by atoms with van der Waals surface area (Å²) in [7, 11) is 0. The summed E-state index contributed by atoms with van der Waals surface area (Å²) < 4.78 is 13.5. The van der Waals surface area contributed by atoms with E-state index < -0.39 is 12.0 Å². The van der Waals surface area contributed by atoms with Crippen molar-refractivity contribution in [3.05, 3.63) is 35.6 Å². The first-order valence-electron chi connectivity index (χ1n) is 7.25. The van der Waals surface area contributed by atoms with Gasteiger partial charge in [-0.2, -0.15) is 0 Å². The molecule has 114 valence electrons. The monoisotopic (exact) mass is 293 g/mol. The van der Waals surface area contributed by atoms with Crippen LogP contribution in [0, 0.1) is 17.7 Å². The summed E-state index contributed by atoms with van der Waals surface area (Å²) >= 11 is 0. The first kappa shape index (κ1) is 15.5. The molecule has 0 saturated heterocycles. The lowest BCUT2D eigenvalue weighted by atomic mass is 9.99. The molecular formula is C16H20FNO3. The molecule has 2 unspecified atom stereocenters. The highest BCUT2D eigenvalue weighted by molar-refractivity contribution is 5.85. The van der Waals surface area contributed by atoms with Crippen LogP contribution in [0.5, 0.6) is 0 Å². The second kappa shape index (κ2) is 6.70. The SMILES string of the molecule is CC(CCc1ccccc1F)C(=O)NC(C(=O)O)C1CC1. The number of halogens is 1. The molecule has 5 heteroatoms. The third-order valence-electron chi connectivity index (χ3n) is 3.91. The molecule has 1 fully saturated rings. The molecule has 1 aromatic rings. The first-order valence-corrected chi connectivity index (χ1v) is 7.25. The number of rotatable bonds is 7. The van der Waals surface area contributed by atoms with Crippen LogP contribution in [0.3, 0.4) is 0 Å². The molecule has 0 aromatic heterocycles. The molecule has 0 aliphatic heterocycles. The van der Waals surface area contributed by atoms with Crippen molar-refractivity contribution in [3.63, 3.8) is 0 Å². The standard InChI is InChI=1S/C16H20FNO3/c1-10(6-7-11-4-2-3-5-13(11)17)15(19)18-14(16(20)21)12-8-9-12/h2-5,10,12,14H,6-9H2,1H3,(H,18,19)(H,20,21). The summed E-state index contributed by atoms with van der Waals surface area (Å²) in [6.07, 6.45) is 2.65. The molecule has 2 N–H and O–H groups in total. The maximum atomic E-state index is 13.5. The van der Waals surface area contributed by atoms with E-state index in [-0.39, 0.29) is 23.6 Å². The second-order valence-corrected chi connectivity index (χ2v) is 5.69. The summed E-state index contributed by atoms with van der Waals surface area (Å²) in [6.45, 7) is 1.74. The molecule has 1 aromatic carbocycles. The largest absolute Gasteiger partial charge is 0.480 e. The molecule has 0 heterocycles. The average molecular weight is 293 g/mol. The first-order chi connectivity index (χ1) is 9.99. The molecule has 1 aliphatic carbocycles. The highest BCUT2D eigenvalue weighted by atomic mass is 19.1. The van der Waals surface area contributed by atoms with Crippen LogP contribution in [-0.2, 0) is 16.0 Å². The van der Waals surface area contributed by atoms with Gasteiger partial charge in [0, 0.05) is 5.92 Å². The number of carbonyl (C=O) groups excluding carboxylic acids is 1. The fraction of sp³-hybridized carbons (Fsp3) is 0.500. The number of hydrogen-bond acceptors (Lipinski definition) is 2. The number of benzene rings is 1. The van der Waals surface area contributed by atoms with E-state index >= 15 is 0 Å². The minimum atomic E-state index is -0.979. The molecule has 0 spiro atoms. The fourth-order valence-electron chi connectivity index (χ4n) is 2.31.